The molecule has 5 heteroatoms. The van der Waals surface area contributed by atoms with E-state index in [1.54, 1.807) is 0 Å². The van der Waals surface area contributed by atoms with Crippen LogP contribution in [0.4, 0.5) is 0 Å². The molecule has 1 unspecified atom stereocenters. The number of likely N-dealkylation sites (N-methyl/N-ethyl adjacent to an activating group) is 1. The second-order valence-electron chi connectivity index (χ2n) is 5.11. The first-order valence-corrected chi connectivity index (χ1v) is 7.28. The molecular weight excluding hydrogens is 306 g/mol. The molecule has 0 aromatic heterocycles. The van der Waals surface area contributed by atoms with Crippen molar-refractivity contribution in [1.29, 1.82) is 0 Å². The lowest BCUT2D eigenvalue weighted by Gasteiger charge is -2.39. The van der Waals surface area contributed by atoms with Gasteiger partial charge in [0.1, 0.15) is 0 Å². The Morgan fingerprint density at radius 1 is 1.47 bits per heavy atom. The highest BCUT2D eigenvalue weighted by molar-refractivity contribution is 9.10. The van der Waals surface area contributed by atoms with Gasteiger partial charge in [0.05, 0.1) is 6.04 Å². The van der Waals surface area contributed by atoms with E-state index in [9.17, 15) is 4.79 Å². The van der Waals surface area contributed by atoms with Crippen molar-refractivity contribution < 1.29 is 4.79 Å². The molecule has 1 amide bonds. The van der Waals surface area contributed by atoms with Crippen molar-refractivity contribution in [3.8, 4) is 0 Å². The summed E-state index contributed by atoms with van der Waals surface area (Å²) in [6.07, 6.45) is 0. The molecule has 1 fully saturated rings. The first-order chi connectivity index (χ1) is 9.02. The number of amides is 1. The molecule has 1 aromatic rings. The van der Waals surface area contributed by atoms with Crippen LogP contribution in [-0.2, 0) is 0 Å². The number of hydrogen-bond acceptors (Lipinski definition) is 3. The Morgan fingerprint density at radius 2 is 2.21 bits per heavy atom. The number of carbonyl (C=O) groups is 1. The lowest BCUT2D eigenvalue weighted by atomic mass is 10.1. The Morgan fingerprint density at radius 3 is 2.84 bits per heavy atom. The molecule has 2 N–H and O–H groups in total. The van der Waals surface area contributed by atoms with Crippen LogP contribution in [0.25, 0.3) is 0 Å². The molecule has 1 heterocycles. The molecule has 104 valence electrons. The molecule has 19 heavy (non-hydrogen) atoms. The van der Waals surface area contributed by atoms with Gasteiger partial charge in [0.15, 0.2) is 0 Å². The van der Waals surface area contributed by atoms with Crippen LogP contribution in [0.1, 0.15) is 15.9 Å². The Hall–Kier alpha value is -0.910. The fraction of sp³-hybridized carbons (Fsp3) is 0.500. The van der Waals surface area contributed by atoms with E-state index in [0.29, 0.717) is 6.54 Å². The molecule has 1 aliphatic rings. The molecule has 1 saturated heterocycles. The van der Waals surface area contributed by atoms with E-state index in [0.717, 1.165) is 35.2 Å². The normalized spacial score (nSPS) is 20.6. The third-order valence-electron chi connectivity index (χ3n) is 3.64. The highest BCUT2D eigenvalue weighted by atomic mass is 79.9. The van der Waals surface area contributed by atoms with Gasteiger partial charge in [-0.15, -0.1) is 0 Å². The van der Waals surface area contributed by atoms with Crippen molar-refractivity contribution in [3.05, 3.63) is 33.8 Å². The topological polar surface area (TPSA) is 49.6 Å². The molecule has 1 aromatic carbocycles. The highest BCUT2D eigenvalue weighted by Gasteiger charge is 2.29. The lowest BCUT2D eigenvalue weighted by molar-refractivity contribution is 0.0515. The Bertz CT molecular complexity index is 478. The van der Waals surface area contributed by atoms with Gasteiger partial charge in [0.2, 0.25) is 0 Å². The van der Waals surface area contributed by atoms with Crippen LogP contribution in [-0.4, -0.2) is 55.0 Å². The number of nitrogens with zero attached hydrogens (tertiary/aromatic N) is 2. The molecule has 2 rings (SSSR count). The maximum atomic E-state index is 12.6. The van der Waals surface area contributed by atoms with E-state index < -0.39 is 0 Å². The highest BCUT2D eigenvalue weighted by Crippen LogP contribution is 2.19. The summed E-state index contributed by atoms with van der Waals surface area (Å²) in [5, 5.41) is 0. The second-order valence-corrected chi connectivity index (χ2v) is 6.03. The molecule has 0 bridgehead atoms. The van der Waals surface area contributed by atoms with Crippen LogP contribution < -0.4 is 5.73 Å². The van der Waals surface area contributed by atoms with Crippen LogP contribution >= 0.6 is 15.9 Å². The number of nitrogens with two attached hydrogens (primary N) is 1. The number of halogens is 1. The third-order valence-corrected chi connectivity index (χ3v) is 4.13. The quantitative estimate of drug-likeness (QED) is 0.895. The second kappa shape index (κ2) is 6.03. The van der Waals surface area contributed by atoms with Gasteiger partial charge in [-0.2, -0.15) is 0 Å². The predicted molar refractivity (Wildman–Crippen MR) is 80.3 cm³/mol. The summed E-state index contributed by atoms with van der Waals surface area (Å²) in [5.74, 6) is 0.0913. The van der Waals surface area contributed by atoms with Crippen LogP contribution in [0.5, 0.6) is 0 Å². The molecule has 0 radical (unpaired) electrons. The van der Waals surface area contributed by atoms with Crippen LogP contribution in [0.3, 0.4) is 0 Å². The maximum Gasteiger partial charge on any atom is 0.254 e. The molecule has 0 aliphatic carbocycles. The van der Waals surface area contributed by atoms with Crippen molar-refractivity contribution in [2.75, 3.05) is 33.2 Å². The van der Waals surface area contributed by atoms with Crippen LogP contribution in [0, 0.1) is 6.92 Å². The van der Waals surface area contributed by atoms with Crippen LogP contribution in [0.15, 0.2) is 22.7 Å². The van der Waals surface area contributed by atoms with Crippen molar-refractivity contribution in [2.45, 2.75) is 13.0 Å². The van der Waals surface area contributed by atoms with Gasteiger partial charge in [0, 0.05) is 36.2 Å². The van der Waals surface area contributed by atoms with Gasteiger partial charge in [-0.3, -0.25) is 4.79 Å². The average molecular weight is 326 g/mol. The molecule has 4 nitrogen and oxygen atoms in total. The minimum Gasteiger partial charge on any atom is -0.332 e. The van der Waals surface area contributed by atoms with E-state index in [1.807, 2.05) is 30.0 Å². The van der Waals surface area contributed by atoms with Gasteiger partial charge in [-0.1, -0.05) is 15.9 Å². The summed E-state index contributed by atoms with van der Waals surface area (Å²) < 4.78 is 0.996. The van der Waals surface area contributed by atoms with E-state index in [1.165, 1.54) is 0 Å². The van der Waals surface area contributed by atoms with E-state index >= 15 is 0 Å². The fourth-order valence-electron chi connectivity index (χ4n) is 2.50. The molecule has 1 aliphatic heterocycles. The van der Waals surface area contributed by atoms with Gasteiger partial charge in [-0.25, -0.2) is 0 Å². The van der Waals surface area contributed by atoms with Crippen LogP contribution in [0.2, 0.25) is 0 Å². The lowest BCUT2D eigenvalue weighted by Crippen LogP contribution is -2.56. The zero-order chi connectivity index (χ0) is 14.0. The minimum atomic E-state index is 0.0913. The molecule has 1 atom stereocenters. The first-order valence-electron chi connectivity index (χ1n) is 6.48. The number of hydrogen-bond donors (Lipinski definition) is 1. The van der Waals surface area contributed by atoms with Crippen molar-refractivity contribution >= 4 is 21.8 Å². The van der Waals surface area contributed by atoms with E-state index in [-0.39, 0.29) is 11.9 Å². The molecule has 0 saturated carbocycles. The Labute approximate surface area is 122 Å². The average Bonchev–Trinajstić information content (AvgIpc) is 2.37. The summed E-state index contributed by atoms with van der Waals surface area (Å²) >= 11 is 3.42. The number of aryl methyl sites for hydroxylation is 1. The number of piperazine rings is 1. The SMILES string of the molecule is Cc1cc(Br)ccc1C(=O)N1CCN(C)CC1CN. The largest absolute Gasteiger partial charge is 0.332 e. The van der Waals surface area contributed by atoms with Gasteiger partial charge >= 0.3 is 0 Å². The van der Waals surface area contributed by atoms with Crippen molar-refractivity contribution in [2.24, 2.45) is 5.73 Å². The molecule has 0 spiro atoms. The van der Waals surface area contributed by atoms with Gasteiger partial charge < -0.3 is 15.5 Å². The summed E-state index contributed by atoms with van der Waals surface area (Å²) in [4.78, 5) is 16.8. The standard InChI is InChI=1S/C14H20BrN3O/c1-10-7-11(15)3-4-13(10)14(19)18-6-5-17(2)9-12(18)8-16/h3-4,7,12H,5-6,8-9,16H2,1-2H3. The summed E-state index contributed by atoms with van der Waals surface area (Å²) in [6, 6.07) is 5.87. The Kier molecular flexibility index (Phi) is 4.60. The number of rotatable bonds is 2. The summed E-state index contributed by atoms with van der Waals surface area (Å²) in [7, 11) is 2.06. The smallest absolute Gasteiger partial charge is 0.254 e. The summed E-state index contributed by atoms with van der Waals surface area (Å²) in [6.45, 7) is 4.96. The van der Waals surface area contributed by atoms with Gasteiger partial charge in [0.25, 0.3) is 5.91 Å². The van der Waals surface area contributed by atoms with Crippen molar-refractivity contribution in [1.82, 2.24) is 9.80 Å². The zero-order valence-electron chi connectivity index (χ0n) is 11.4. The van der Waals surface area contributed by atoms with Gasteiger partial charge in [-0.05, 0) is 37.7 Å². The van der Waals surface area contributed by atoms with E-state index in [2.05, 4.69) is 27.9 Å². The number of carbonyl (C=O) groups excluding carboxylic acids is 1. The van der Waals surface area contributed by atoms with Crippen molar-refractivity contribution in [3.63, 3.8) is 0 Å². The monoisotopic (exact) mass is 325 g/mol. The predicted octanol–water partition coefficient (Wildman–Crippen LogP) is 1.47. The van der Waals surface area contributed by atoms with E-state index in [4.69, 9.17) is 5.73 Å². The number of benzene rings is 1. The Balaban J connectivity index is 2.22. The fourth-order valence-corrected chi connectivity index (χ4v) is 2.98. The first kappa shape index (κ1) is 14.5. The third kappa shape index (κ3) is 3.16. The zero-order valence-corrected chi connectivity index (χ0v) is 13.0. The summed E-state index contributed by atoms with van der Waals surface area (Å²) in [5.41, 5.74) is 7.57. The maximum absolute atomic E-state index is 12.6. The molecular formula is C14H20BrN3O. The minimum absolute atomic E-state index is 0.0913.